The predicted octanol–water partition coefficient (Wildman–Crippen LogP) is 1.59. The molecule has 1 aliphatic heterocycles. The molecule has 1 saturated heterocycles. The Morgan fingerprint density at radius 1 is 1.12 bits per heavy atom. The molecule has 0 spiro atoms. The van der Waals surface area contributed by atoms with Crippen molar-refractivity contribution in [3.63, 3.8) is 0 Å². The number of rotatable bonds is 6. The van der Waals surface area contributed by atoms with Crippen molar-refractivity contribution in [2.24, 2.45) is 0 Å². The number of likely N-dealkylation sites (tertiary alicyclic amines) is 1. The fourth-order valence-corrected chi connectivity index (χ4v) is 2.58. The highest BCUT2D eigenvalue weighted by Gasteiger charge is 2.33. The van der Waals surface area contributed by atoms with Gasteiger partial charge in [0.05, 0.1) is 0 Å². The summed E-state index contributed by atoms with van der Waals surface area (Å²) in [7, 11) is 0. The molecule has 1 unspecified atom stereocenters. The highest BCUT2D eigenvalue weighted by Crippen LogP contribution is 2.29. The Labute approximate surface area is 106 Å². The van der Waals surface area contributed by atoms with Gasteiger partial charge in [0.2, 0.25) is 0 Å². The quantitative estimate of drug-likeness (QED) is 0.689. The minimum absolute atomic E-state index is 0.260. The monoisotopic (exact) mass is 239 g/mol. The molecular weight excluding hydrogens is 210 g/mol. The highest BCUT2D eigenvalue weighted by atomic mass is 15.2. The van der Waals surface area contributed by atoms with Gasteiger partial charge in [0.15, 0.2) is 0 Å². The molecular formula is C14H29N3. The lowest BCUT2D eigenvalue weighted by molar-refractivity contribution is 0.317. The minimum atomic E-state index is 0.260. The zero-order chi connectivity index (χ0) is 12.3. The van der Waals surface area contributed by atoms with Crippen molar-refractivity contribution in [2.45, 2.75) is 64.1 Å². The van der Waals surface area contributed by atoms with Crippen LogP contribution in [0.3, 0.4) is 0 Å². The molecule has 2 fully saturated rings. The van der Waals surface area contributed by atoms with Crippen molar-refractivity contribution in [3.8, 4) is 0 Å². The van der Waals surface area contributed by atoms with Gasteiger partial charge in [-0.1, -0.05) is 0 Å². The Morgan fingerprint density at radius 3 is 2.53 bits per heavy atom. The van der Waals surface area contributed by atoms with Crippen LogP contribution in [0.5, 0.6) is 0 Å². The first-order valence-electron chi connectivity index (χ1n) is 7.27. The molecule has 100 valence electrons. The van der Waals surface area contributed by atoms with E-state index in [0.29, 0.717) is 0 Å². The summed E-state index contributed by atoms with van der Waals surface area (Å²) in [6.07, 6.45) is 5.48. The molecule has 0 aromatic rings. The van der Waals surface area contributed by atoms with Crippen LogP contribution in [0.15, 0.2) is 0 Å². The van der Waals surface area contributed by atoms with E-state index in [9.17, 15) is 0 Å². The second-order valence-electron chi connectivity index (χ2n) is 6.70. The van der Waals surface area contributed by atoms with Gasteiger partial charge in [-0.05, 0) is 59.5 Å². The van der Waals surface area contributed by atoms with E-state index in [1.807, 2.05) is 0 Å². The summed E-state index contributed by atoms with van der Waals surface area (Å²) in [6.45, 7) is 11.6. The zero-order valence-electron chi connectivity index (χ0n) is 11.8. The molecule has 1 heterocycles. The summed E-state index contributed by atoms with van der Waals surface area (Å²) in [4.78, 5) is 2.67. The van der Waals surface area contributed by atoms with Gasteiger partial charge in [-0.25, -0.2) is 0 Å². The van der Waals surface area contributed by atoms with E-state index < -0.39 is 0 Å². The van der Waals surface area contributed by atoms with E-state index in [-0.39, 0.29) is 5.54 Å². The molecule has 2 aliphatic rings. The Hall–Kier alpha value is -0.120. The van der Waals surface area contributed by atoms with Gasteiger partial charge in [0.1, 0.15) is 0 Å². The number of nitrogens with one attached hydrogen (secondary N) is 2. The van der Waals surface area contributed by atoms with E-state index in [4.69, 9.17) is 0 Å². The summed E-state index contributed by atoms with van der Waals surface area (Å²) < 4.78 is 0. The topological polar surface area (TPSA) is 27.3 Å². The maximum absolute atomic E-state index is 3.70. The highest BCUT2D eigenvalue weighted by molar-refractivity contribution is 4.91. The summed E-state index contributed by atoms with van der Waals surface area (Å²) in [6, 6.07) is 1.70. The lowest BCUT2D eigenvalue weighted by Gasteiger charge is -2.21. The lowest BCUT2D eigenvalue weighted by atomic mass is 10.1. The average molecular weight is 239 g/mol. The SMILES string of the molecule is CC(C)(C)NCCCNC1CCN(C2CC2)C1. The Morgan fingerprint density at radius 2 is 1.88 bits per heavy atom. The molecule has 2 rings (SSSR count). The van der Waals surface area contributed by atoms with Crippen LogP contribution in [0, 0.1) is 0 Å². The van der Waals surface area contributed by atoms with Crippen molar-refractivity contribution in [2.75, 3.05) is 26.2 Å². The van der Waals surface area contributed by atoms with Crippen LogP contribution in [0.1, 0.15) is 46.5 Å². The van der Waals surface area contributed by atoms with Crippen LogP contribution in [-0.4, -0.2) is 48.7 Å². The second-order valence-corrected chi connectivity index (χ2v) is 6.70. The number of hydrogen-bond acceptors (Lipinski definition) is 3. The minimum Gasteiger partial charge on any atom is -0.313 e. The van der Waals surface area contributed by atoms with E-state index >= 15 is 0 Å². The average Bonchev–Trinajstić information content (AvgIpc) is 2.97. The van der Waals surface area contributed by atoms with Gasteiger partial charge in [-0.2, -0.15) is 0 Å². The summed E-state index contributed by atoms with van der Waals surface area (Å²) >= 11 is 0. The summed E-state index contributed by atoms with van der Waals surface area (Å²) in [5.41, 5.74) is 0.260. The second kappa shape index (κ2) is 5.68. The van der Waals surface area contributed by atoms with Crippen LogP contribution in [0.4, 0.5) is 0 Å². The molecule has 0 radical (unpaired) electrons. The standard InChI is InChI=1S/C14H29N3/c1-14(2,3)16-9-4-8-15-12-7-10-17(11-12)13-5-6-13/h12-13,15-16H,4-11H2,1-3H3. The van der Waals surface area contributed by atoms with Gasteiger partial charge < -0.3 is 10.6 Å². The summed E-state index contributed by atoms with van der Waals surface area (Å²) in [5.74, 6) is 0. The summed E-state index contributed by atoms with van der Waals surface area (Å²) in [5, 5.41) is 7.23. The third kappa shape index (κ3) is 4.94. The van der Waals surface area contributed by atoms with E-state index in [2.05, 4.69) is 36.3 Å². The predicted molar refractivity (Wildman–Crippen MR) is 73.4 cm³/mol. The maximum Gasteiger partial charge on any atom is 0.0207 e. The van der Waals surface area contributed by atoms with Gasteiger partial charge in [-0.3, -0.25) is 4.90 Å². The molecule has 17 heavy (non-hydrogen) atoms. The fourth-order valence-electron chi connectivity index (χ4n) is 2.58. The Kier molecular flexibility index (Phi) is 4.45. The Balaban J connectivity index is 1.48. The van der Waals surface area contributed by atoms with Crippen LogP contribution < -0.4 is 10.6 Å². The van der Waals surface area contributed by atoms with E-state index in [0.717, 1.165) is 25.2 Å². The van der Waals surface area contributed by atoms with Crippen molar-refractivity contribution in [1.82, 2.24) is 15.5 Å². The van der Waals surface area contributed by atoms with Crippen LogP contribution >= 0.6 is 0 Å². The van der Waals surface area contributed by atoms with E-state index in [1.165, 1.54) is 38.8 Å². The molecule has 1 aliphatic carbocycles. The first-order valence-corrected chi connectivity index (χ1v) is 7.27. The van der Waals surface area contributed by atoms with Gasteiger partial charge >= 0.3 is 0 Å². The van der Waals surface area contributed by atoms with Gasteiger partial charge in [0, 0.05) is 30.7 Å². The number of nitrogens with zero attached hydrogens (tertiary/aromatic N) is 1. The number of hydrogen-bond donors (Lipinski definition) is 2. The first-order chi connectivity index (χ1) is 8.04. The molecule has 3 nitrogen and oxygen atoms in total. The Bertz CT molecular complexity index is 230. The molecule has 0 aromatic carbocycles. The molecule has 1 saturated carbocycles. The first kappa shape index (κ1) is 13.3. The lowest BCUT2D eigenvalue weighted by Crippen LogP contribution is -2.39. The maximum atomic E-state index is 3.70. The largest absolute Gasteiger partial charge is 0.313 e. The van der Waals surface area contributed by atoms with Gasteiger partial charge in [0.25, 0.3) is 0 Å². The van der Waals surface area contributed by atoms with Crippen LogP contribution in [0.25, 0.3) is 0 Å². The molecule has 2 N–H and O–H groups in total. The third-order valence-electron chi connectivity index (χ3n) is 3.72. The van der Waals surface area contributed by atoms with Gasteiger partial charge in [-0.15, -0.1) is 0 Å². The zero-order valence-corrected chi connectivity index (χ0v) is 11.8. The third-order valence-corrected chi connectivity index (χ3v) is 3.72. The van der Waals surface area contributed by atoms with Crippen molar-refractivity contribution < 1.29 is 0 Å². The van der Waals surface area contributed by atoms with E-state index in [1.54, 1.807) is 0 Å². The molecule has 0 aromatic heterocycles. The normalized spacial score (nSPS) is 26.6. The van der Waals surface area contributed by atoms with Crippen molar-refractivity contribution in [3.05, 3.63) is 0 Å². The molecule has 0 bridgehead atoms. The van der Waals surface area contributed by atoms with Crippen LogP contribution in [0.2, 0.25) is 0 Å². The van der Waals surface area contributed by atoms with Crippen molar-refractivity contribution in [1.29, 1.82) is 0 Å². The molecule has 0 amide bonds. The van der Waals surface area contributed by atoms with Crippen LogP contribution in [-0.2, 0) is 0 Å². The fraction of sp³-hybridized carbons (Fsp3) is 1.00. The molecule has 1 atom stereocenters. The molecule has 3 heteroatoms. The van der Waals surface area contributed by atoms with Crippen molar-refractivity contribution >= 4 is 0 Å². The smallest absolute Gasteiger partial charge is 0.0207 e.